The maximum atomic E-state index is 4.98. The van der Waals surface area contributed by atoms with Crippen molar-refractivity contribution < 1.29 is 0 Å². The molecule has 5 heteroatoms. The van der Waals surface area contributed by atoms with E-state index in [0.29, 0.717) is 17.5 Å². The SMILES string of the molecule is c1ccc(-c2nc(-c3ccccc3)nc(-c3cccc(-c4cccc5c4sc4c6ccccc6n(-c6ccccc6)c54)c3)n2)cc1. The molecule has 9 aromatic rings. The van der Waals surface area contributed by atoms with Crippen molar-refractivity contribution in [2.45, 2.75) is 0 Å². The van der Waals surface area contributed by atoms with Gasteiger partial charge in [0.05, 0.1) is 15.7 Å². The summed E-state index contributed by atoms with van der Waals surface area (Å²) in [5.74, 6) is 1.97. The molecule has 0 aliphatic rings. The largest absolute Gasteiger partial charge is 0.308 e. The number of nitrogens with zero attached hydrogens (tertiary/aromatic N) is 4. The molecule has 6 aromatic carbocycles. The molecule has 9 rings (SSSR count). The van der Waals surface area contributed by atoms with Gasteiger partial charge >= 0.3 is 0 Å². The number of aromatic nitrogens is 4. The molecule has 0 radical (unpaired) electrons. The molecule has 0 spiro atoms. The summed E-state index contributed by atoms with van der Waals surface area (Å²) < 4.78 is 4.98. The van der Waals surface area contributed by atoms with E-state index in [-0.39, 0.29) is 0 Å². The molecule has 3 aromatic heterocycles. The minimum absolute atomic E-state index is 0.652. The van der Waals surface area contributed by atoms with Crippen molar-refractivity contribution >= 4 is 42.5 Å². The first-order valence-corrected chi connectivity index (χ1v) is 16.1. The Morgan fingerprint density at radius 1 is 0.413 bits per heavy atom. The van der Waals surface area contributed by atoms with Crippen molar-refractivity contribution in [2.75, 3.05) is 0 Å². The van der Waals surface area contributed by atoms with Gasteiger partial charge in [-0.15, -0.1) is 11.3 Å². The van der Waals surface area contributed by atoms with E-state index in [1.807, 2.05) is 72.0 Å². The van der Waals surface area contributed by atoms with Gasteiger partial charge in [-0.3, -0.25) is 0 Å². The van der Waals surface area contributed by atoms with Crippen LogP contribution in [0.3, 0.4) is 0 Å². The number of hydrogen-bond acceptors (Lipinski definition) is 4. The standard InChI is InChI=1S/C41H26N4S/c1-4-14-27(15-5-1)39-42-40(28-16-6-2-7-17-28)44-41(43-39)30-19-12-18-29(26-30)32-23-13-24-34-36-38(46-37(32)34)33-22-10-11-25-35(33)45(36)31-20-8-3-9-21-31/h1-26H. The molecular weight excluding hydrogens is 581 g/mol. The Labute approximate surface area is 269 Å². The van der Waals surface area contributed by atoms with E-state index in [9.17, 15) is 0 Å². The van der Waals surface area contributed by atoms with E-state index in [1.54, 1.807) is 0 Å². The lowest BCUT2D eigenvalue weighted by Gasteiger charge is -2.10. The van der Waals surface area contributed by atoms with Crippen LogP contribution in [0.1, 0.15) is 0 Å². The van der Waals surface area contributed by atoms with Gasteiger partial charge in [0.25, 0.3) is 0 Å². The number of para-hydroxylation sites is 2. The van der Waals surface area contributed by atoms with Crippen LogP contribution < -0.4 is 0 Å². The maximum absolute atomic E-state index is 4.98. The van der Waals surface area contributed by atoms with Crippen molar-refractivity contribution in [1.82, 2.24) is 19.5 Å². The Morgan fingerprint density at radius 3 is 1.63 bits per heavy atom. The molecule has 216 valence electrons. The Bertz CT molecular complexity index is 2460. The Morgan fingerprint density at radius 2 is 0.935 bits per heavy atom. The minimum atomic E-state index is 0.652. The first kappa shape index (κ1) is 26.5. The second-order valence-corrected chi connectivity index (χ2v) is 12.3. The van der Waals surface area contributed by atoms with Gasteiger partial charge in [0, 0.05) is 37.9 Å². The summed E-state index contributed by atoms with van der Waals surface area (Å²) in [4.78, 5) is 14.8. The van der Waals surface area contributed by atoms with Crippen LogP contribution in [0.2, 0.25) is 0 Å². The van der Waals surface area contributed by atoms with Gasteiger partial charge in [-0.1, -0.05) is 133 Å². The molecule has 0 fully saturated rings. The van der Waals surface area contributed by atoms with Gasteiger partial charge in [-0.05, 0) is 35.4 Å². The zero-order chi connectivity index (χ0) is 30.5. The van der Waals surface area contributed by atoms with Gasteiger partial charge in [-0.25, -0.2) is 15.0 Å². The van der Waals surface area contributed by atoms with Crippen molar-refractivity contribution in [1.29, 1.82) is 0 Å². The first-order valence-electron chi connectivity index (χ1n) is 15.3. The lowest BCUT2D eigenvalue weighted by atomic mass is 10.0. The van der Waals surface area contributed by atoms with Crippen LogP contribution in [0.4, 0.5) is 0 Å². The van der Waals surface area contributed by atoms with Crippen molar-refractivity contribution in [3.8, 4) is 51.0 Å². The van der Waals surface area contributed by atoms with E-state index in [4.69, 9.17) is 15.0 Å². The zero-order valence-corrected chi connectivity index (χ0v) is 25.5. The predicted molar refractivity (Wildman–Crippen MR) is 191 cm³/mol. The topological polar surface area (TPSA) is 43.6 Å². The van der Waals surface area contributed by atoms with Crippen LogP contribution in [0, 0.1) is 0 Å². The maximum Gasteiger partial charge on any atom is 0.164 e. The molecule has 0 saturated carbocycles. The predicted octanol–water partition coefficient (Wildman–Crippen LogP) is 10.9. The zero-order valence-electron chi connectivity index (χ0n) is 24.7. The fourth-order valence-corrected chi connectivity index (χ4v) is 7.68. The number of thiophene rings is 1. The molecule has 0 amide bonds. The summed E-state index contributed by atoms with van der Waals surface area (Å²) in [7, 11) is 0. The van der Waals surface area contributed by atoms with Crippen LogP contribution in [0.15, 0.2) is 158 Å². The number of fused-ring (bicyclic) bond motifs is 5. The summed E-state index contributed by atoms with van der Waals surface area (Å²) in [6.45, 7) is 0. The van der Waals surface area contributed by atoms with Gasteiger partial charge in [-0.2, -0.15) is 0 Å². The summed E-state index contributed by atoms with van der Waals surface area (Å²) >= 11 is 1.87. The summed E-state index contributed by atoms with van der Waals surface area (Å²) in [6.07, 6.45) is 0. The van der Waals surface area contributed by atoms with E-state index in [1.165, 1.54) is 42.5 Å². The van der Waals surface area contributed by atoms with Crippen molar-refractivity contribution in [2.24, 2.45) is 0 Å². The average molecular weight is 607 g/mol. The van der Waals surface area contributed by atoms with E-state index >= 15 is 0 Å². The summed E-state index contributed by atoms with van der Waals surface area (Å²) in [5, 5.41) is 2.52. The molecule has 0 atom stereocenters. The molecule has 0 unspecified atom stereocenters. The highest BCUT2D eigenvalue weighted by Gasteiger charge is 2.20. The van der Waals surface area contributed by atoms with Gasteiger partial charge < -0.3 is 4.57 Å². The lowest BCUT2D eigenvalue weighted by molar-refractivity contribution is 1.07. The Hall–Kier alpha value is -5.91. The van der Waals surface area contributed by atoms with Crippen LogP contribution in [0.25, 0.3) is 82.2 Å². The van der Waals surface area contributed by atoms with Gasteiger partial charge in [0.15, 0.2) is 17.5 Å². The molecule has 3 heterocycles. The molecular formula is C41H26N4S. The first-order chi connectivity index (χ1) is 22.8. The fourth-order valence-electron chi connectivity index (χ4n) is 6.33. The highest BCUT2D eigenvalue weighted by Crippen LogP contribution is 2.45. The van der Waals surface area contributed by atoms with E-state index in [2.05, 4.69) is 102 Å². The van der Waals surface area contributed by atoms with Gasteiger partial charge in [0.2, 0.25) is 0 Å². The third-order valence-corrected chi connectivity index (χ3v) is 9.71. The Kier molecular flexibility index (Phi) is 6.28. The third kappa shape index (κ3) is 4.40. The molecule has 0 saturated heterocycles. The second kappa shape index (κ2) is 10.9. The van der Waals surface area contributed by atoms with Crippen LogP contribution in [-0.2, 0) is 0 Å². The number of hydrogen-bond donors (Lipinski definition) is 0. The van der Waals surface area contributed by atoms with Crippen LogP contribution in [0.5, 0.6) is 0 Å². The number of benzene rings is 6. The molecule has 46 heavy (non-hydrogen) atoms. The Balaban J connectivity index is 1.23. The van der Waals surface area contributed by atoms with E-state index in [0.717, 1.165) is 22.3 Å². The fraction of sp³-hybridized carbons (Fsp3) is 0. The minimum Gasteiger partial charge on any atom is -0.308 e. The smallest absolute Gasteiger partial charge is 0.164 e. The van der Waals surface area contributed by atoms with Crippen molar-refractivity contribution in [3.63, 3.8) is 0 Å². The summed E-state index contributed by atoms with van der Waals surface area (Å²) in [6, 6.07) is 54.8. The summed E-state index contributed by atoms with van der Waals surface area (Å²) in [5.41, 5.74) is 8.84. The molecule has 4 nitrogen and oxygen atoms in total. The van der Waals surface area contributed by atoms with Crippen LogP contribution in [-0.4, -0.2) is 19.5 Å². The highest BCUT2D eigenvalue weighted by atomic mass is 32.1. The average Bonchev–Trinajstić information content (AvgIpc) is 3.67. The second-order valence-electron chi connectivity index (χ2n) is 11.3. The molecule has 0 aliphatic carbocycles. The normalized spacial score (nSPS) is 11.5. The quantitative estimate of drug-likeness (QED) is 0.196. The molecule has 0 aliphatic heterocycles. The highest BCUT2D eigenvalue weighted by molar-refractivity contribution is 7.27. The number of rotatable bonds is 5. The van der Waals surface area contributed by atoms with E-state index < -0.39 is 0 Å². The molecule has 0 N–H and O–H groups in total. The van der Waals surface area contributed by atoms with Gasteiger partial charge in [0.1, 0.15) is 0 Å². The van der Waals surface area contributed by atoms with Crippen molar-refractivity contribution in [3.05, 3.63) is 158 Å². The van der Waals surface area contributed by atoms with Crippen LogP contribution >= 0.6 is 11.3 Å². The third-order valence-electron chi connectivity index (χ3n) is 8.45. The monoisotopic (exact) mass is 606 g/mol. The molecule has 0 bridgehead atoms. The lowest BCUT2D eigenvalue weighted by Crippen LogP contribution is -2.00.